The summed E-state index contributed by atoms with van der Waals surface area (Å²) in [4.78, 5) is 4.19. The van der Waals surface area contributed by atoms with Gasteiger partial charge in [0.25, 0.3) is 5.89 Å². The minimum absolute atomic E-state index is 0.369. The highest BCUT2D eigenvalue weighted by Gasteiger charge is 2.15. The SMILES string of the molecule is CCCOCC(N)c1noc(-c2ccoc2)n1. The summed E-state index contributed by atoms with van der Waals surface area (Å²) in [5, 5.41) is 3.82. The van der Waals surface area contributed by atoms with Crippen molar-refractivity contribution in [3.8, 4) is 11.5 Å². The van der Waals surface area contributed by atoms with Gasteiger partial charge in [-0.3, -0.25) is 0 Å². The minimum Gasteiger partial charge on any atom is -0.472 e. The second-order valence-electron chi connectivity index (χ2n) is 3.65. The molecule has 0 aromatic carbocycles. The van der Waals surface area contributed by atoms with E-state index in [4.69, 9.17) is 19.4 Å². The molecule has 0 amide bonds. The maximum Gasteiger partial charge on any atom is 0.261 e. The Hall–Kier alpha value is -1.66. The van der Waals surface area contributed by atoms with Gasteiger partial charge in [-0.05, 0) is 12.5 Å². The van der Waals surface area contributed by atoms with Gasteiger partial charge in [-0.1, -0.05) is 12.1 Å². The van der Waals surface area contributed by atoms with Crippen molar-refractivity contribution in [1.82, 2.24) is 10.1 Å². The van der Waals surface area contributed by atoms with Gasteiger partial charge in [0, 0.05) is 6.61 Å². The zero-order valence-electron chi connectivity index (χ0n) is 9.63. The molecule has 0 radical (unpaired) electrons. The maximum absolute atomic E-state index is 5.87. The van der Waals surface area contributed by atoms with Crippen LogP contribution in [0.15, 0.2) is 27.5 Å². The number of rotatable bonds is 6. The van der Waals surface area contributed by atoms with E-state index in [1.807, 2.05) is 6.92 Å². The summed E-state index contributed by atoms with van der Waals surface area (Å²) >= 11 is 0. The highest BCUT2D eigenvalue weighted by Crippen LogP contribution is 2.18. The van der Waals surface area contributed by atoms with E-state index in [-0.39, 0.29) is 6.04 Å². The Morgan fingerprint density at radius 1 is 1.53 bits per heavy atom. The molecule has 1 unspecified atom stereocenters. The van der Waals surface area contributed by atoms with Crippen LogP contribution in [0.1, 0.15) is 25.2 Å². The number of nitrogens with two attached hydrogens (primary N) is 1. The van der Waals surface area contributed by atoms with Crippen LogP contribution in [-0.2, 0) is 4.74 Å². The first-order valence-corrected chi connectivity index (χ1v) is 5.50. The second kappa shape index (κ2) is 5.60. The number of hydrogen-bond donors (Lipinski definition) is 1. The number of aromatic nitrogens is 2. The van der Waals surface area contributed by atoms with E-state index >= 15 is 0 Å². The first-order valence-electron chi connectivity index (χ1n) is 5.50. The van der Waals surface area contributed by atoms with Crippen molar-refractivity contribution in [2.45, 2.75) is 19.4 Å². The fraction of sp³-hybridized carbons (Fsp3) is 0.455. The van der Waals surface area contributed by atoms with Crippen molar-refractivity contribution < 1.29 is 13.7 Å². The van der Waals surface area contributed by atoms with Crippen LogP contribution in [0.2, 0.25) is 0 Å². The van der Waals surface area contributed by atoms with Crippen LogP contribution in [0.5, 0.6) is 0 Å². The zero-order valence-corrected chi connectivity index (χ0v) is 9.63. The van der Waals surface area contributed by atoms with Crippen molar-refractivity contribution in [3.05, 3.63) is 24.4 Å². The highest BCUT2D eigenvalue weighted by atomic mass is 16.5. The molecular weight excluding hydrogens is 222 g/mol. The van der Waals surface area contributed by atoms with Crippen molar-refractivity contribution in [3.63, 3.8) is 0 Å². The Kier molecular flexibility index (Phi) is 3.89. The van der Waals surface area contributed by atoms with Crippen LogP contribution in [0.3, 0.4) is 0 Å². The van der Waals surface area contributed by atoms with Crippen LogP contribution < -0.4 is 5.73 Å². The molecule has 2 N–H and O–H groups in total. The molecule has 17 heavy (non-hydrogen) atoms. The predicted octanol–water partition coefficient (Wildman–Crippen LogP) is 1.76. The third-order valence-corrected chi connectivity index (χ3v) is 2.19. The molecule has 2 rings (SSSR count). The molecule has 2 aromatic heterocycles. The third-order valence-electron chi connectivity index (χ3n) is 2.19. The second-order valence-corrected chi connectivity index (χ2v) is 3.65. The average Bonchev–Trinajstić information content (AvgIpc) is 3.00. The Labute approximate surface area is 98.7 Å². The van der Waals surface area contributed by atoms with Gasteiger partial charge in [0.15, 0.2) is 5.82 Å². The molecule has 0 aliphatic heterocycles. The number of furan rings is 1. The molecule has 6 heteroatoms. The molecular formula is C11H15N3O3. The van der Waals surface area contributed by atoms with E-state index in [0.29, 0.717) is 24.9 Å². The highest BCUT2D eigenvalue weighted by molar-refractivity contribution is 5.49. The molecule has 0 aliphatic rings. The normalized spacial score (nSPS) is 12.8. The first kappa shape index (κ1) is 11.8. The molecule has 0 saturated carbocycles. The Balaban J connectivity index is 1.98. The molecule has 0 spiro atoms. The van der Waals surface area contributed by atoms with E-state index in [2.05, 4.69) is 10.1 Å². The predicted molar refractivity (Wildman–Crippen MR) is 60.0 cm³/mol. The summed E-state index contributed by atoms with van der Waals surface area (Å²) in [6.07, 6.45) is 4.04. The van der Waals surface area contributed by atoms with Crippen molar-refractivity contribution >= 4 is 0 Å². The van der Waals surface area contributed by atoms with Crippen LogP contribution in [0.25, 0.3) is 11.5 Å². The van der Waals surface area contributed by atoms with Gasteiger partial charge in [-0.2, -0.15) is 4.98 Å². The molecule has 0 saturated heterocycles. The Morgan fingerprint density at radius 2 is 2.41 bits per heavy atom. The Bertz CT molecular complexity index is 439. The van der Waals surface area contributed by atoms with Crippen molar-refractivity contribution in [2.24, 2.45) is 5.73 Å². The summed E-state index contributed by atoms with van der Waals surface area (Å²) < 4.78 is 15.3. The van der Waals surface area contributed by atoms with Crippen molar-refractivity contribution in [2.75, 3.05) is 13.2 Å². The third kappa shape index (κ3) is 2.92. The van der Waals surface area contributed by atoms with E-state index < -0.39 is 0 Å². The molecule has 0 fully saturated rings. The van der Waals surface area contributed by atoms with Crippen LogP contribution in [-0.4, -0.2) is 23.4 Å². The summed E-state index contributed by atoms with van der Waals surface area (Å²) in [5.41, 5.74) is 6.61. The number of nitrogens with zero attached hydrogens (tertiary/aromatic N) is 2. The van der Waals surface area contributed by atoms with Crippen LogP contribution >= 0.6 is 0 Å². The quantitative estimate of drug-likeness (QED) is 0.770. The molecule has 2 heterocycles. The average molecular weight is 237 g/mol. The molecule has 92 valence electrons. The van der Waals surface area contributed by atoms with Gasteiger partial charge in [0.2, 0.25) is 0 Å². The lowest BCUT2D eigenvalue weighted by Crippen LogP contribution is -2.18. The molecule has 0 bridgehead atoms. The van der Waals surface area contributed by atoms with Gasteiger partial charge in [-0.25, -0.2) is 0 Å². The lowest BCUT2D eigenvalue weighted by molar-refractivity contribution is 0.119. The van der Waals surface area contributed by atoms with Crippen LogP contribution in [0, 0.1) is 0 Å². The number of hydrogen-bond acceptors (Lipinski definition) is 6. The summed E-state index contributed by atoms with van der Waals surface area (Å²) in [7, 11) is 0. The molecule has 6 nitrogen and oxygen atoms in total. The van der Waals surface area contributed by atoms with Gasteiger partial charge < -0.3 is 19.4 Å². The van der Waals surface area contributed by atoms with Crippen LogP contribution in [0.4, 0.5) is 0 Å². The van der Waals surface area contributed by atoms with Gasteiger partial charge in [-0.15, -0.1) is 0 Å². The lowest BCUT2D eigenvalue weighted by atomic mass is 10.3. The largest absolute Gasteiger partial charge is 0.472 e. The van der Waals surface area contributed by atoms with E-state index in [1.54, 1.807) is 12.3 Å². The number of ether oxygens (including phenoxy) is 1. The minimum atomic E-state index is -0.369. The summed E-state index contributed by atoms with van der Waals surface area (Å²) in [6.45, 7) is 3.11. The summed E-state index contributed by atoms with van der Waals surface area (Å²) in [6, 6.07) is 1.38. The maximum atomic E-state index is 5.87. The Morgan fingerprint density at radius 3 is 3.12 bits per heavy atom. The summed E-state index contributed by atoms with van der Waals surface area (Å²) in [5.74, 6) is 0.844. The monoisotopic (exact) mass is 237 g/mol. The van der Waals surface area contributed by atoms with E-state index in [9.17, 15) is 0 Å². The fourth-order valence-corrected chi connectivity index (χ4v) is 1.32. The standard InChI is InChI=1S/C11H15N3O3/c1-2-4-15-7-9(12)10-13-11(17-14-10)8-3-5-16-6-8/h3,5-6,9H,2,4,7,12H2,1H3. The van der Waals surface area contributed by atoms with Gasteiger partial charge in [0.1, 0.15) is 6.26 Å². The first-order chi connectivity index (χ1) is 8.31. The zero-order chi connectivity index (χ0) is 12.1. The molecule has 2 aromatic rings. The fourth-order valence-electron chi connectivity index (χ4n) is 1.32. The van der Waals surface area contributed by atoms with E-state index in [1.165, 1.54) is 6.26 Å². The van der Waals surface area contributed by atoms with Crippen molar-refractivity contribution in [1.29, 1.82) is 0 Å². The molecule has 1 atom stereocenters. The van der Waals surface area contributed by atoms with E-state index in [0.717, 1.165) is 12.0 Å². The lowest BCUT2D eigenvalue weighted by Gasteiger charge is -2.06. The topological polar surface area (TPSA) is 87.3 Å². The van der Waals surface area contributed by atoms with Gasteiger partial charge in [0.05, 0.1) is 24.5 Å². The smallest absolute Gasteiger partial charge is 0.261 e. The molecule has 0 aliphatic carbocycles. The van der Waals surface area contributed by atoms with Gasteiger partial charge >= 0.3 is 0 Å².